The summed E-state index contributed by atoms with van der Waals surface area (Å²) in [4.78, 5) is 11.4. The van der Waals surface area contributed by atoms with Gasteiger partial charge in [-0.2, -0.15) is 0 Å². The maximum absolute atomic E-state index is 9.47. The van der Waals surface area contributed by atoms with Crippen LogP contribution in [-0.4, -0.2) is 46.3 Å². The Morgan fingerprint density at radius 1 is 0.963 bits per heavy atom. The van der Waals surface area contributed by atoms with Gasteiger partial charge in [0.2, 0.25) is 0 Å². The SMILES string of the molecule is Nc1ncc(-c2ccc(CN3CCOCC3)cc2)nc1-c1ccc(O)cc1. The molecule has 0 spiro atoms. The Labute approximate surface area is 158 Å². The van der Waals surface area contributed by atoms with Gasteiger partial charge in [-0.3, -0.25) is 4.90 Å². The van der Waals surface area contributed by atoms with Crippen molar-refractivity contribution in [3.8, 4) is 28.3 Å². The zero-order valence-electron chi connectivity index (χ0n) is 15.0. The van der Waals surface area contributed by atoms with Gasteiger partial charge in [0.15, 0.2) is 0 Å². The Morgan fingerprint density at radius 2 is 1.63 bits per heavy atom. The van der Waals surface area contributed by atoms with Gasteiger partial charge < -0.3 is 15.6 Å². The highest BCUT2D eigenvalue weighted by Crippen LogP contribution is 2.27. The average Bonchev–Trinajstić information content (AvgIpc) is 2.71. The lowest BCUT2D eigenvalue weighted by Crippen LogP contribution is -2.35. The fraction of sp³-hybridized carbons (Fsp3) is 0.238. The summed E-state index contributed by atoms with van der Waals surface area (Å²) in [6.07, 6.45) is 1.69. The third kappa shape index (κ3) is 4.07. The highest BCUT2D eigenvalue weighted by Gasteiger charge is 2.12. The minimum atomic E-state index is 0.206. The van der Waals surface area contributed by atoms with Crippen LogP contribution in [0.4, 0.5) is 5.82 Å². The number of rotatable bonds is 4. The molecule has 0 radical (unpaired) electrons. The number of aromatic hydroxyl groups is 1. The zero-order valence-corrected chi connectivity index (χ0v) is 15.0. The number of phenols is 1. The van der Waals surface area contributed by atoms with Gasteiger partial charge in [-0.05, 0) is 29.8 Å². The summed E-state index contributed by atoms with van der Waals surface area (Å²) >= 11 is 0. The molecule has 6 nitrogen and oxygen atoms in total. The van der Waals surface area contributed by atoms with Gasteiger partial charge in [0.1, 0.15) is 17.3 Å². The average molecular weight is 362 g/mol. The first-order valence-corrected chi connectivity index (χ1v) is 9.00. The molecule has 0 saturated carbocycles. The van der Waals surface area contributed by atoms with E-state index in [0.717, 1.165) is 49.7 Å². The molecule has 2 heterocycles. The number of hydrogen-bond acceptors (Lipinski definition) is 6. The molecular formula is C21H22N4O2. The lowest BCUT2D eigenvalue weighted by molar-refractivity contribution is 0.0342. The lowest BCUT2D eigenvalue weighted by Gasteiger charge is -2.26. The molecule has 1 aromatic heterocycles. The summed E-state index contributed by atoms with van der Waals surface area (Å²) in [5.74, 6) is 0.575. The fourth-order valence-corrected chi connectivity index (χ4v) is 3.17. The number of hydrogen-bond donors (Lipinski definition) is 2. The molecule has 3 aromatic rings. The first-order chi connectivity index (χ1) is 13.2. The van der Waals surface area contributed by atoms with E-state index >= 15 is 0 Å². The number of phenolic OH excluding ortho intramolecular Hbond substituents is 1. The van der Waals surface area contributed by atoms with Crippen LogP contribution < -0.4 is 5.73 Å². The van der Waals surface area contributed by atoms with E-state index in [9.17, 15) is 5.11 Å². The minimum Gasteiger partial charge on any atom is -0.508 e. The van der Waals surface area contributed by atoms with Gasteiger partial charge in [-0.1, -0.05) is 24.3 Å². The highest BCUT2D eigenvalue weighted by atomic mass is 16.5. The summed E-state index contributed by atoms with van der Waals surface area (Å²) in [6, 6.07) is 15.2. The second kappa shape index (κ2) is 7.73. The molecule has 1 saturated heterocycles. The molecule has 0 unspecified atom stereocenters. The van der Waals surface area contributed by atoms with E-state index in [2.05, 4.69) is 34.1 Å². The number of anilines is 1. The number of ether oxygens (including phenoxy) is 1. The Kier molecular flexibility index (Phi) is 5.00. The normalized spacial score (nSPS) is 15.0. The molecule has 0 amide bonds. The van der Waals surface area contributed by atoms with Crippen LogP contribution in [0.1, 0.15) is 5.56 Å². The molecule has 1 aliphatic rings. The van der Waals surface area contributed by atoms with Crippen LogP contribution in [0.3, 0.4) is 0 Å². The van der Waals surface area contributed by atoms with Crippen LogP contribution in [0, 0.1) is 0 Å². The predicted molar refractivity (Wildman–Crippen MR) is 105 cm³/mol. The van der Waals surface area contributed by atoms with E-state index in [1.807, 2.05) is 0 Å². The molecule has 1 fully saturated rings. The lowest BCUT2D eigenvalue weighted by atomic mass is 10.1. The largest absolute Gasteiger partial charge is 0.508 e. The Hall–Kier alpha value is -2.96. The van der Waals surface area contributed by atoms with Gasteiger partial charge in [0.05, 0.1) is 25.1 Å². The molecule has 0 atom stereocenters. The van der Waals surface area contributed by atoms with E-state index < -0.39 is 0 Å². The van der Waals surface area contributed by atoms with Crippen LogP contribution in [0.25, 0.3) is 22.5 Å². The number of benzene rings is 2. The topological polar surface area (TPSA) is 84.5 Å². The molecule has 4 rings (SSSR count). The number of morpholine rings is 1. The van der Waals surface area contributed by atoms with Crippen LogP contribution in [-0.2, 0) is 11.3 Å². The van der Waals surface area contributed by atoms with Gasteiger partial charge in [-0.15, -0.1) is 0 Å². The molecule has 0 bridgehead atoms. The number of nitrogens with two attached hydrogens (primary N) is 1. The summed E-state index contributed by atoms with van der Waals surface area (Å²) in [5, 5.41) is 9.47. The third-order valence-electron chi connectivity index (χ3n) is 4.70. The second-order valence-corrected chi connectivity index (χ2v) is 6.62. The van der Waals surface area contributed by atoms with Crippen LogP contribution in [0.2, 0.25) is 0 Å². The molecule has 2 aromatic carbocycles. The van der Waals surface area contributed by atoms with Crippen molar-refractivity contribution in [1.82, 2.24) is 14.9 Å². The first kappa shape index (κ1) is 17.5. The highest BCUT2D eigenvalue weighted by molar-refractivity contribution is 5.73. The first-order valence-electron chi connectivity index (χ1n) is 9.00. The number of nitrogens with zero attached hydrogens (tertiary/aromatic N) is 3. The summed E-state index contributed by atoms with van der Waals surface area (Å²) < 4.78 is 5.40. The fourth-order valence-electron chi connectivity index (χ4n) is 3.17. The summed E-state index contributed by atoms with van der Waals surface area (Å²) in [7, 11) is 0. The van der Waals surface area contributed by atoms with Crippen molar-refractivity contribution in [2.24, 2.45) is 0 Å². The van der Waals surface area contributed by atoms with Crippen molar-refractivity contribution in [2.45, 2.75) is 6.54 Å². The van der Waals surface area contributed by atoms with Crippen molar-refractivity contribution in [2.75, 3.05) is 32.0 Å². The van der Waals surface area contributed by atoms with Gasteiger partial charge in [-0.25, -0.2) is 9.97 Å². The second-order valence-electron chi connectivity index (χ2n) is 6.62. The Morgan fingerprint density at radius 3 is 2.33 bits per heavy atom. The molecule has 27 heavy (non-hydrogen) atoms. The van der Waals surface area contributed by atoms with Crippen molar-refractivity contribution in [1.29, 1.82) is 0 Å². The maximum atomic E-state index is 9.47. The standard InChI is InChI=1S/C21H22N4O2/c22-21-20(17-5-7-18(26)8-6-17)24-19(13-23-21)16-3-1-15(2-4-16)14-25-9-11-27-12-10-25/h1-8,13,26H,9-12,14H2,(H2,22,23). The van der Waals surface area contributed by atoms with Crippen molar-refractivity contribution in [3.63, 3.8) is 0 Å². The molecule has 1 aliphatic heterocycles. The van der Waals surface area contributed by atoms with Crippen LogP contribution in [0.5, 0.6) is 5.75 Å². The zero-order chi connectivity index (χ0) is 18.6. The molecule has 6 heteroatoms. The predicted octanol–water partition coefficient (Wildman–Crippen LogP) is 2.93. The van der Waals surface area contributed by atoms with Gasteiger partial charge in [0, 0.05) is 30.8 Å². The van der Waals surface area contributed by atoms with E-state index in [1.165, 1.54) is 5.56 Å². The molecule has 0 aliphatic carbocycles. The number of aromatic nitrogens is 2. The van der Waals surface area contributed by atoms with Crippen LogP contribution >= 0.6 is 0 Å². The van der Waals surface area contributed by atoms with Crippen LogP contribution in [0.15, 0.2) is 54.7 Å². The molecule has 138 valence electrons. The minimum absolute atomic E-state index is 0.206. The quantitative estimate of drug-likeness (QED) is 0.742. The Balaban J connectivity index is 1.56. The van der Waals surface area contributed by atoms with Crippen molar-refractivity contribution < 1.29 is 9.84 Å². The van der Waals surface area contributed by atoms with Gasteiger partial charge in [0.25, 0.3) is 0 Å². The third-order valence-corrected chi connectivity index (χ3v) is 4.70. The van der Waals surface area contributed by atoms with E-state index in [4.69, 9.17) is 15.5 Å². The van der Waals surface area contributed by atoms with E-state index in [0.29, 0.717) is 11.5 Å². The summed E-state index contributed by atoms with van der Waals surface area (Å²) in [6.45, 7) is 4.48. The van der Waals surface area contributed by atoms with E-state index in [1.54, 1.807) is 30.5 Å². The van der Waals surface area contributed by atoms with Gasteiger partial charge >= 0.3 is 0 Å². The van der Waals surface area contributed by atoms with Crippen molar-refractivity contribution >= 4 is 5.82 Å². The monoisotopic (exact) mass is 362 g/mol. The smallest absolute Gasteiger partial charge is 0.150 e. The molecule has 3 N–H and O–H groups in total. The summed E-state index contributed by atoms with van der Waals surface area (Å²) in [5.41, 5.74) is 10.5. The van der Waals surface area contributed by atoms with Crippen molar-refractivity contribution in [3.05, 3.63) is 60.3 Å². The maximum Gasteiger partial charge on any atom is 0.150 e. The molecular weight excluding hydrogens is 340 g/mol. The number of nitrogen functional groups attached to an aromatic ring is 1. The Bertz CT molecular complexity index is 904. The van der Waals surface area contributed by atoms with E-state index in [-0.39, 0.29) is 5.75 Å².